The van der Waals surface area contributed by atoms with E-state index in [4.69, 9.17) is 0 Å². The van der Waals surface area contributed by atoms with Crippen molar-refractivity contribution in [2.45, 2.75) is 50.5 Å². The molecule has 1 aromatic rings. The highest BCUT2D eigenvalue weighted by atomic mass is 16.3. The van der Waals surface area contributed by atoms with Crippen LogP contribution < -0.4 is 0 Å². The summed E-state index contributed by atoms with van der Waals surface area (Å²) < 4.78 is 0. The lowest BCUT2D eigenvalue weighted by molar-refractivity contribution is 0.0103. The first-order valence-corrected chi connectivity index (χ1v) is 6.48. The van der Waals surface area contributed by atoms with Crippen molar-refractivity contribution in [2.75, 3.05) is 0 Å². The fraction of sp³-hybridized carbons (Fsp3) is 0.600. The molecule has 0 bridgehead atoms. The van der Waals surface area contributed by atoms with Gasteiger partial charge >= 0.3 is 0 Å². The lowest BCUT2D eigenvalue weighted by Gasteiger charge is -2.48. The van der Waals surface area contributed by atoms with Crippen LogP contribution in [0.1, 0.15) is 43.7 Å². The third-order valence-electron chi connectivity index (χ3n) is 4.84. The first-order valence-electron chi connectivity index (χ1n) is 6.48. The molecule has 0 heterocycles. The van der Waals surface area contributed by atoms with Gasteiger partial charge in [0, 0.05) is 0 Å². The van der Waals surface area contributed by atoms with Gasteiger partial charge in [0.2, 0.25) is 0 Å². The van der Waals surface area contributed by atoms with Gasteiger partial charge in [0.25, 0.3) is 0 Å². The van der Waals surface area contributed by atoms with Crippen molar-refractivity contribution in [1.82, 2.24) is 0 Å². The molecule has 0 saturated heterocycles. The van der Waals surface area contributed by atoms with Gasteiger partial charge in [-0.3, -0.25) is 0 Å². The summed E-state index contributed by atoms with van der Waals surface area (Å²) in [6, 6.07) is 8.83. The van der Waals surface area contributed by atoms with E-state index >= 15 is 0 Å². The van der Waals surface area contributed by atoms with Gasteiger partial charge < -0.3 is 5.11 Å². The van der Waals surface area contributed by atoms with Crippen LogP contribution in [0.15, 0.2) is 24.3 Å². The smallest absolute Gasteiger partial charge is 0.0576 e. The van der Waals surface area contributed by atoms with Crippen LogP contribution in [0.2, 0.25) is 0 Å². The van der Waals surface area contributed by atoms with Crippen LogP contribution in [-0.2, 0) is 11.8 Å². The van der Waals surface area contributed by atoms with Crippen LogP contribution in [-0.4, -0.2) is 11.2 Å². The minimum Gasteiger partial charge on any atom is -0.393 e. The molecule has 1 aromatic carbocycles. The van der Waals surface area contributed by atoms with Crippen LogP contribution >= 0.6 is 0 Å². The average molecular weight is 216 g/mol. The van der Waals surface area contributed by atoms with Crippen molar-refractivity contribution in [2.24, 2.45) is 5.92 Å². The molecule has 0 unspecified atom stereocenters. The zero-order valence-corrected chi connectivity index (χ0v) is 9.95. The molecule has 0 aromatic heterocycles. The molecule has 1 heteroatoms. The lowest BCUT2D eigenvalue weighted by Crippen LogP contribution is -2.46. The second kappa shape index (κ2) is 3.59. The molecule has 16 heavy (non-hydrogen) atoms. The highest BCUT2D eigenvalue weighted by Crippen LogP contribution is 2.49. The number of aliphatic hydroxyl groups is 1. The number of hydrogen-bond acceptors (Lipinski definition) is 1. The van der Waals surface area contributed by atoms with Gasteiger partial charge in [-0.1, -0.05) is 31.2 Å². The van der Waals surface area contributed by atoms with Gasteiger partial charge in [-0.05, 0) is 54.6 Å². The van der Waals surface area contributed by atoms with Crippen molar-refractivity contribution < 1.29 is 5.11 Å². The Balaban J connectivity index is 2.09. The van der Waals surface area contributed by atoms with Gasteiger partial charge in [-0.2, -0.15) is 0 Å². The minimum absolute atomic E-state index is 0.0768. The van der Waals surface area contributed by atoms with Gasteiger partial charge in [-0.15, -0.1) is 0 Å². The molecule has 3 rings (SSSR count). The van der Waals surface area contributed by atoms with E-state index in [1.807, 2.05) is 0 Å². The number of rotatable bonds is 0. The van der Waals surface area contributed by atoms with Crippen molar-refractivity contribution in [3.05, 3.63) is 35.4 Å². The second-order valence-corrected chi connectivity index (χ2v) is 5.68. The fourth-order valence-corrected chi connectivity index (χ4v) is 3.94. The molecule has 1 N–H and O–H groups in total. The Morgan fingerprint density at radius 3 is 2.94 bits per heavy atom. The van der Waals surface area contributed by atoms with Crippen LogP contribution in [0, 0.1) is 5.92 Å². The Hall–Kier alpha value is -0.820. The quantitative estimate of drug-likeness (QED) is 0.706. The topological polar surface area (TPSA) is 20.2 Å². The van der Waals surface area contributed by atoms with Crippen LogP contribution in [0.4, 0.5) is 0 Å². The standard InChI is InChI=1S/C15H20O/c1-15-10-4-7-14(16)13(15)9-8-11-5-2-3-6-12(11)15/h2-3,5-6,13-14,16H,4,7-10H2,1H3/t13-,14+,15-/m0/s1. The lowest BCUT2D eigenvalue weighted by atomic mass is 9.57. The molecule has 3 atom stereocenters. The maximum atomic E-state index is 10.2. The third kappa shape index (κ3) is 1.34. The number of benzene rings is 1. The maximum Gasteiger partial charge on any atom is 0.0576 e. The normalized spacial score (nSPS) is 37.6. The van der Waals surface area contributed by atoms with Crippen molar-refractivity contribution in [3.63, 3.8) is 0 Å². The van der Waals surface area contributed by atoms with E-state index in [2.05, 4.69) is 31.2 Å². The van der Waals surface area contributed by atoms with E-state index in [0.717, 1.165) is 19.3 Å². The summed E-state index contributed by atoms with van der Waals surface area (Å²) in [5.74, 6) is 0.483. The molecule has 0 amide bonds. The second-order valence-electron chi connectivity index (χ2n) is 5.68. The Labute approximate surface area is 97.5 Å². The largest absolute Gasteiger partial charge is 0.393 e. The summed E-state index contributed by atoms with van der Waals surface area (Å²) in [5, 5.41) is 10.2. The molecule has 1 fully saturated rings. The molecule has 0 aliphatic heterocycles. The molecule has 2 aliphatic carbocycles. The molecular weight excluding hydrogens is 196 g/mol. The van der Waals surface area contributed by atoms with Gasteiger partial charge in [-0.25, -0.2) is 0 Å². The van der Waals surface area contributed by atoms with E-state index in [9.17, 15) is 5.11 Å². The van der Waals surface area contributed by atoms with E-state index in [1.54, 1.807) is 0 Å². The van der Waals surface area contributed by atoms with E-state index < -0.39 is 0 Å². The zero-order valence-electron chi connectivity index (χ0n) is 9.95. The first-order chi connectivity index (χ1) is 7.72. The number of aliphatic hydroxyl groups excluding tert-OH is 1. The first kappa shape index (κ1) is 10.3. The highest BCUT2D eigenvalue weighted by Gasteiger charge is 2.45. The Morgan fingerprint density at radius 1 is 1.25 bits per heavy atom. The monoisotopic (exact) mass is 216 g/mol. The summed E-state index contributed by atoms with van der Waals surface area (Å²) in [7, 11) is 0. The molecule has 0 radical (unpaired) electrons. The predicted octanol–water partition coefficient (Wildman–Crippen LogP) is 3.05. The zero-order chi connectivity index (χ0) is 11.2. The summed E-state index contributed by atoms with van der Waals surface area (Å²) >= 11 is 0. The Kier molecular flexibility index (Phi) is 2.32. The summed E-state index contributed by atoms with van der Waals surface area (Å²) in [6.07, 6.45) is 5.64. The molecular formula is C15H20O. The summed E-state index contributed by atoms with van der Waals surface area (Å²) in [5.41, 5.74) is 3.24. The summed E-state index contributed by atoms with van der Waals surface area (Å²) in [6.45, 7) is 2.36. The van der Waals surface area contributed by atoms with E-state index in [0.29, 0.717) is 5.92 Å². The molecule has 1 saturated carbocycles. The number of hydrogen-bond donors (Lipinski definition) is 1. The van der Waals surface area contributed by atoms with Gasteiger partial charge in [0.05, 0.1) is 6.10 Å². The van der Waals surface area contributed by atoms with Crippen molar-refractivity contribution >= 4 is 0 Å². The van der Waals surface area contributed by atoms with E-state index in [-0.39, 0.29) is 11.5 Å². The SMILES string of the molecule is C[C@@]12CCC[C@@H](O)[C@@H]1CCc1ccccc12. The third-order valence-corrected chi connectivity index (χ3v) is 4.84. The van der Waals surface area contributed by atoms with Gasteiger partial charge in [0.1, 0.15) is 0 Å². The molecule has 86 valence electrons. The van der Waals surface area contributed by atoms with E-state index in [1.165, 1.54) is 24.0 Å². The molecule has 2 aliphatic rings. The highest BCUT2D eigenvalue weighted by molar-refractivity contribution is 5.38. The van der Waals surface area contributed by atoms with Crippen LogP contribution in [0.25, 0.3) is 0 Å². The average Bonchev–Trinajstić information content (AvgIpc) is 2.29. The van der Waals surface area contributed by atoms with Crippen LogP contribution in [0.5, 0.6) is 0 Å². The number of fused-ring (bicyclic) bond motifs is 3. The number of aryl methyl sites for hydroxylation is 1. The Morgan fingerprint density at radius 2 is 2.06 bits per heavy atom. The maximum absolute atomic E-state index is 10.2. The van der Waals surface area contributed by atoms with Crippen molar-refractivity contribution in [1.29, 1.82) is 0 Å². The van der Waals surface area contributed by atoms with Crippen LogP contribution in [0.3, 0.4) is 0 Å². The predicted molar refractivity (Wildman–Crippen MR) is 65.5 cm³/mol. The molecule has 0 spiro atoms. The fourth-order valence-electron chi connectivity index (χ4n) is 3.94. The minimum atomic E-state index is -0.0768. The van der Waals surface area contributed by atoms with Crippen molar-refractivity contribution in [3.8, 4) is 0 Å². The summed E-state index contributed by atoms with van der Waals surface area (Å²) in [4.78, 5) is 0. The molecule has 1 nitrogen and oxygen atoms in total. The Bertz CT molecular complexity index is 398. The van der Waals surface area contributed by atoms with Gasteiger partial charge in [0.15, 0.2) is 0 Å².